The van der Waals surface area contributed by atoms with E-state index in [1.807, 2.05) is 0 Å². The fraction of sp³-hybridized carbons (Fsp3) is 0.846. The van der Waals surface area contributed by atoms with Gasteiger partial charge < -0.3 is 0 Å². The molecule has 90 valence electrons. The van der Waals surface area contributed by atoms with Crippen LogP contribution in [0.4, 0.5) is 0 Å². The third kappa shape index (κ3) is 1.41. The Bertz CT molecular complexity index is 392. The van der Waals surface area contributed by atoms with E-state index in [-0.39, 0.29) is 23.6 Å². The molecule has 0 aromatic heterocycles. The van der Waals surface area contributed by atoms with Crippen LogP contribution >= 0.6 is 0 Å². The maximum absolute atomic E-state index is 9.40. The van der Waals surface area contributed by atoms with Crippen molar-refractivity contribution in [2.24, 2.45) is 5.92 Å². The van der Waals surface area contributed by atoms with Crippen molar-refractivity contribution in [3.63, 3.8) is 0 Å². The van der Waals surface area contributed by atoms with Crippen molar-refractivity contribution in [2.45, 2.75) is 62.6 Å². The predicted octanol–water partition coefficient (Wildman–Crippen LogP) is 2.13. The Morgan fingerprint density at radius 1 is 1.24 bits per heavy atom. The first-order valence-corrected chi connectivity index (χ1v) is 6.54. The van der Waals surface area contributed by atoms with Gasteiger partial charge in [-0.3, -0.25) is 4.84 Å². The molecule has 0 amide bonds. The molecule has 4 heteroatoms. The van der Waals surface area contributed by atoms with Crippen molar-refractivity contribution in [2.75, 3.05) is 0 Å². The molecule has 1 aliphatic carbocycles. The molecule has 2 heterocycles. The van der Waals surface area contributed by atoms with E-state index in [0.29, 0.717) is 6.42 Å². The Morgan fingerprint density at radius 3 is 2.71 bits per heavy atom. The molecule has 2 aliphatic heterocycles. The van der Waals surface area contributed by atoms with Gasteiger partial charge in [0, 0.05) is 6.04 Å². The van der Waals surface area contributed by atoms with Crippen LogP contribution in [0.5, 0.6) is 0 Å². The summed E-state index contributed by atoms with van der Waals surface area (Å²) in [5, 5.41) is 20.4. The van der Waals surface area contributed by atoms with Crippen LogP contribution in [0.15, 0.2) is 0 Å². The molecular weight excluding hydrogens is 214 g/mol. The van der Waals surface area contributed by atoms with Gasteiger partial charge in [0.25, 0.3) is 0 Å². The summed E-state index contributed by atoms with van der Waals surface area (Å²) in [6.45, 7) is 0. The Labute approximate surface area is 102 Å². The van der Waals surface area contributed by atoms with Crippen LogP contribution in [0.1, 0.15) is 44.9 Å². The molecule has 2 bridgehead atoms. The largest absolute Gasteiger partial charge is 0.293 e. The second-order valence-corrected chi connectivity index (χ2v) is 5.48. The predicted molar refractivity (Wildman–Crippen MR) is 60.3 cm³/mol. The molecule has 1 spiro atoms. The quantitative estimate of drug-likeness (QED) is 0.693. The van der Waals surface area contributed by atoms with Crippen LogP contribution in [0.2, 0.25) is 0 Å². The molecule has 4 atom stereocenters. The van der Waals surface area contributed by atoms with Crippen LogP contribution in [-0.2, 0) is 4.84 Å². The lowest BCUT2D eigenvalue weighted by Crippen LogP contribution is -2.55. The number of hydrogen-bond acceptors (Lipinski definition) is 4. The summed E-state index contributed by atoms with van der Waals surface area (Å²) in [6.07, 6.45) is 7.01. The van der Waals surface area contributed by atoms with Crippen molar-refractivity contribution in [3.8, 4) is 12.1 Å². The van der Waals surface area contributed by atoms with Crippen LogP contribution in [0.3, 0.4) is 0 Å². The second-order valence-electron chi connectivity index (χ2n) is 5.48. The minimum atomic E-state index is -0.0720. The summed E-state index contributed by atoms with van der Waals surface area (Å²) in [6, 6.07) is 4.93. The standard InChI is InChI=1S/C13H17N3O/c14-8-5-10-3-1-6-13-7-2-4-12(11(13)9-15)17-16(10)13/h10-12H,1-7H2/t10-,11?,12?,13?/m0/s1. The number of fused-ring (bicyclic) bond motifs is 1. The Kier molecular flexibility index (Phi) is 2.58. The SMILES string of the molecule is N#CC[C@@H]1CCCC23CCCC(ON12)C3C#N. The summed E-state index contributed by atoms with van der Waals surface area (Å²) in [5.41, 5.74) is -0.0720. The monoisotopic (exact) mass is 231 g/mol. The highest BCUT2D eigenvalue weighted by atomic mass is 16.7. The zero-order valence-electron chi connectivity index (χ0n) is 9.93. The number of nitriles is 2. The molecule has 1 saturated carbocycles. The Balaban J connectivity index is 1.94. The molecule has 3 fully saturated rings. The molecule has 2 saturated heterocycles. The first-order valence-electron chi connectivity index (χ1n) is 6.54. The minimum absolute atomic E-state index is 0.0118. The molecule has 0 aromatic rings. The molecule has 17 heavy (non-hydrogen) atoms. The number of hydrogen-bond donors (Lipinski definition) is 0. The highest BCUT2D eigenvalue weighted by Crippen LogP contribution is 2.53. The summed E-state index contributed by atoms with van der Waals surface area (Å²) < 4.78 is 0. The van der Waals surface area contributed by atoms with Crippen molar-refractivity contribution in [1.29, 1.82) is 10.5 Å². The van der Waals surface area contributed by atoms with Crippen LogP contribution in [-0.4, -0.2) is 22.7 Å². The summed E-state index contributed by atoms with van der Waals surface area (Å²) in [7, 11) is 0. The molecular formula is C13H17N3O. The third-order valence-corrected chi connectivity index (χ3v) is 4.68. The van der Waals surface area contributed by atoms with Crippen molar-refractivity contribution < 1.29 is 4.84 Å². The van der Waals surface area contributed by atoms with E-state index in [9.17, 15) is 5.26 Å². The molecule has 0 N–H and O–H groups in total. The zero-order valence-corrected chi connectivity index (χ0v) is 9.93. The smallest absolute Gasteiger partial charge is 0.0970 e. The third-order valence-electron chi connectivity index (χ3n) is 4.68. The van der Waals surface area contributed by atoms with E-state index in [4.69, 9.17) is 10.1 Å². The lowest BCUT2D eigenvalue weighted by atomic mass is 9.68. The number of piperidine rings is 1. The van der Waals surface area contributed by atoms with Gasteiger partial charge in [-0.15, -0.1) is 0 Å². The topological polar surface area (TPSA) is 60.0 Å². The zero-order chi connectivity index (χ0) is 11.9. The summed E-state index contributed by atoms with van der Waals surface area (Å²) >= 11 is 0. The van der Waals surface area contributed by atoms with Crippen LogP contribution in [0, 0.1) is 28.6 Å². The van der Waals surface area contributed by atoms with E-state index < -0.39 is 0 Å². The van der Waals surface area contributed by atoms with Gasteiger partial charge in [-0.1, -0.05) is 0 Å². The van der Waals surface area contributed by atoms with Gasteiger partial charge in [0.1, 0.15) is 0 Å². The normalized spacial score (nSPS) is 44.7. The molecule has 0 radical (unpaired) electrons. The maximum Gasteiger partial charge on any atom is 0.0970 e. The molecule has 4 nitrogen and oxygen atoms in total. The van der Waals surface area contributed by atoms with Gasteiger partial charge in [-0.05, 0) is 38.5 Å². The number of rotatable bonds is 1. The van der Waals surface area contributed by atoms with Crippen LogP contribution < -0.4 is 0 Å². The average molecular weight is 231 g/mol. The minimum Gasteiger partial charge on any atom is -0.293 e. The Morgan fingerprint density at radius 2 is 2.00 bits per heavy atom. The fourth-order valence-electron chi connectivity index (χ4n) is 3.98. The highest BCUT2D eigenvalue weighted by Gasteiger charge is 2.60. The van der Waals surface area contributed by atoms with Gasteiger partial charge >= 0.3 is 0 Å². The maximum atomic E-state index is 9.40. The van der Waals surface area contributed by atoms with E-state index >= 15 is 0 Å². The van der Waals surface area contributed by atoms with Gasteiger partial charge in [0.15, 0.2) is 0 Å². The fourth-order valence-corrected chi connectivity index (χ4v) is 3.98. The van der Waals surface area contributed by atoms with Gasteiger partial charge in [0.2, 0.25) is 0 Å². The Hall–Kier alpha value is -1.10. The van der Waals surface area contributed by atoms with E-state index in [0.717, 1.165) is 38.5 Å². The van der Waals surface area contributed by atoms with Crippen molar-refractivity contribution >= 4 is 0 Å². The van der Waals surface area contributed by atoms with E-state index in [2.05, 4.69) is 17.2 Å². The lowest BCUT2D eigenvalue weighted by Gasteiger charge is -2.46. The van der Waals surface area contributed by atoms with Gasteiger partial charge in [0.05, 0.1) is 36.1 Å². The van der Waals surface area contributed by atoms with Crippen LogP contribution in [0.25, 0.3) is 0 Å². The van der Waals surface area contributed by atoms with Gasteiger partial charge in [-0.2, -0.15) is 15.6 Å². The second kappa shape index (κ2) is 3.98. The first-order chi connectivity index (χ1) is 8.31. The molecule has 0 aromatic carbocycles. The molecule has 3 aliphatic rings. The number of hydroxylamine groups is 2. The van der Waals surface area contributed by atoms with Gasteiger partial charge in [-0.25, -0.2) is 0 Å². The molecule has 3 unspecified atom stereocenters. The highest BCUT2D eigenvalue weighted by molar-refractivity contribution is 5.15. The van der Waals surface area contributed by atoms with E-state index in [1.165, 1.54) is 0 Å². The summed E-state index contributed by atoms with van der Waals surface area (Å²) in [4.78, 5) is 6.01. The summed E-state index contributed by atoms with van der Waals surface area (Å²) in [5.74, 6) is 0.0118. The van der Waals surface area contributed by atoms with E-state index in [1.54, 1.807) is 0 Å². The number of nitrogens with zero attached hydrogens (tertiary/aromatic N) is 3. The lowest BCUT2D eigenvalue weighted by molar-refractivity contribution is -0.220. The van der Waals surface area contributed by atoms with Crippen molar-refractivity contribution in [3.05, 3.63) is 0 Å². The first kappa shape index (κ1) is 11.0. The van der Waals surface area contributed by atoms with Crippen molar-refractivity contribution in [1.82, 2.24) is 5.06 Å². The average Bonchev–Trinajstić information content (AvgIpc) is 2.51. The molecule has 3 rings (SSSR count).